The number of carbonyl (C=O) groups is 2. The maximum absolute atomic E-state index is 12.3. The second-order valence-electron chi connectivity index (χ2n) is 5.86. The second-order valence-corrected chi connectivity index (χ2v) is 5.86. The van der Waals surface area contributed by atoms with Gasteiger partial charge in [0.1, 0.15) is 0 Å². The smallest absolute Gasteiger partial charge is 0.222 e. The first-order valence-corrected chi connectivity index (χ1v) is 7.48. The van der Waals surface area contributed by atoms with Gasteiger partial charge in [0, 0.05) is 39.5 Å². The molecule has 0 aromatic rings. The molecule has 0 spiro atoms. The van der Waals surface area contributed by atoms with Crippen LogP contribution in [0.2, 0.25) is 0 Å². The Labute approximate surface area is 120 Å². The molecule has 0 aromatic carbocycles. The number of hydrogen-bond acceptors (Lipinski definition) is 4. The molecule has 2 aliphatic rings. The Morgan fingerprint density at radius 2 is 1.75 bits per heavy atom. The molecule has 6 heteroatoms. The van der Waals surface area contributed by atoms with E-state index in [2.05, 4.69) is 5.32 Å². The van der Waals surface area contributed by atoms with Crippen molar-refractivity contribution in [3.05, 3.63) is 0 Å². The molecule has 2 heterocycles. The lowest BCUT2D eigenvalue weighted by atomic mass is 9.94. The first-order valence-electron chi connectivity index (χ1n) is 7.48. The lowest BCUT2D eigenvalue weighted by Crippen LogP contribution is -2.39. The highest BCUT2D eigenvalue weighted by Crippen LogP contribution is 2.18. The molecule has 2 saturated heterocycles. The van der Waals surface area contributed by atoms with Crippen LogP contribution in [0.4, 0.5) is 0 Å². The van der Waals surface area contributed by atoms with E-state index in [9.17, 15) is 14.7 Å². The number of nitrogens with one attached hydrogen (secondary N) is 1. The summed E-state index contributed by atoms with van der Waals surface area (Å²) in [5, 5.41) is 13.2. The maximum atomic E-state index is 12.3. The van der Waals surface area contributed by atoms with Crippen molar-refractivity contribution in [1.82, 2.24) is 15.1 Å². The summed E-state index contributed by atoms with van der Waals surface area (Å²) in [4.78, 5) is 27.1. The molecule has 114 valence electrons. The van der Waals surface area contributed by atoms with Crippen LogP contribution in [0, 0.1) is 5.92 Å². The molecule has 2 rings (SSSR count). The van der Waals surface area contributed by atoms with E-state index in [-0.39, 0.29) is 11.8 Å². The van der Waals surface area contributed by atoms with Crippen molar-refractivity contribution < 1.29 is 14.7 Å². The van der Waals surface area contributed by atoms with Crippen molar-refractivity contribution in [2.24, 2.45) is 5.92 Å². The van der Waals surface area contributed by atoms with Crippen LogP contribution in [0.15, 0.2) is 0 Å². The van der Waals surface area contributed by atoms with Crippen molar-refractivity contribution in [2.75, 3.05) is 39.3 Å². The van der Waals surface area contributed by atoms with Gasteiger partial charge in [-0.2, -0.15) is 0 Å². The zero-order valence-electron chi connectivity index (χ0n) is 12.2. The highest BCUT2D eigenvalue weighted by atomic mass is 16.3. The Bertz CT molecular complexity index is 356. The van der Waals surface area contributed by atoms with Gasteiger partial charge in [0.05, 0.1) is 6.10 Å². The fourth-order valence-electron chi connectivity index (χ4n) is 2.96. The first-order chi connectivity index (χ1) is 9.56. The topological polar surface area (TPSA) is 72.9 Å². The molecule has 2 fully saturated rings. The predicted octanol–water partition coefficient (Wildman–Crippen LogP) is -0.572. The molecule has 20 heavy (non-hydrogen) atoms. The van der Waals surface area contributed by atoms with Gasteiger partial charge >= 0.3 is 0 Å². The quantitative estimate of drug-likeness (QED) is 0.712. The van der Waals surface area contributed by atoms with Crippen molar-refractivity contribution >= 4 is 11.8 Å². The van der Waals surface area contributed by atoms with Crippen molar-refractivity contribution in [2.45, 2.75) is 32.3 Å². The van der Waals surface area contributed by atoms with Gasteiger partial charge in [0.25, 0.3) is 0 Å². The van der Waals surface area contributed by atoms with Gasteiger partial charge in [-0.1, -0.05) is 0 Å². The number of nitrogens with zero attached hydrogens (tertiary/aromatic N) is 2. The average Bonchev–Trinajstić information content (AvgIpc) is 2.62. The van der Waals surface area contributed by atoms with Crippen LogP contribution in [-0.2, 0) is 9.59 Å². The number of rotatable bonds is 2. The summed E-state index contributed by atoms with van der Waals surface area (Å²) >= 11 is 0. The van der Waals surface area contributed by atoms with E-state index < -0.39 is 6.10 Å². The Morgan fingerprint density at radius 3 is 2.40 bits per heavy atom. The number of piperidine rings is 1. The summed E-state index contributed by atoms with van der Waals surface area (Å²) in [6.45, 7) is 5.18. The lowest BCUT2D eigenvalue weighted by Gasteiger charge is -2.26. The third kappa shape index (κ3) is 4.18. The van der Waals surface area contributed by atoms with Gasteiger partial charge in [-0.05, 0) is 31.8 Å². The van der Waals surface area contributed by atoms with Crippen LogP contribution in [0.3, 0.4) is 0 Å². The molecular formula is C14H25N3O3. The fraction of sp³-hybridized carbons (Fsp3) is 0.857. The van der Waals surface area contributed by atoms with Gasteiger partial charge in [0.2, 0.25) is 11.8 Å². The summed E-state index contributed by atoms with van der Waals surface area (Å²) in [7, 11) is 0. The largest absolute Gasteiger partial charge is 0.389 e. The molecule has 6 nitrogen and oxygen atoms in total. The molecule has 1 atom stereocenters. The van der Waals surface area contributed by atoms with Crippen LogP contribution in [0.1, 0.15) is 26.2 Å². The monoisotopic (exact) mass is 283 g/mol. The SMILES string of the molecule is CC(=O)N1CCN(C(=O)CC2CCNCC2)C[C@H](O)C1. The second kappa shape index (κ2) is 7.04. The molecule has 0 aliphatic carbocycles. The van der Waals surface area contributed by atoms with Gasteiger partial charge < -0.3 is 20.2 Å². The fourth-order valence-corrected chi connectivity index (χ4v) is 2.96. The minimum Gasteiger partial charge on any atom is -0.389 e. The molecule has 2 aliphatic heterocycles. The zero-order chi connectivity index (χ0) is 14.5. The number of aliphatic hydroxyl groups excluding tert-OH is 1. The van der Waals surface area contributed by atoms with E-state index in [1.165, 1.54) is 6.92 Å². The summed E-state index contributed by atoms with van der Waals surface area (Å²) < 4.78 is 0. The van der Waals surface area contributed by atoms with Gasteiger partial charge in [0.15, 0.2) is 0 Å². The molecule has 0 unspecified atom stereocenters. The lowest BCUT2D eigenvalue weighted by molar-refractivity contribution is -0.133. The molecule has 0 bridgehead atoms. The van der Waals surface area contributed by atoms with E-state index in [0.29, 0.717) is 38.5 Å². The van der Waals surface area contributed by atoms with Gasteiger partial charge in [-0.3, -0.25) is 9.59 Å². The molecular weight excluding hydrogens is 258 g/mol. The van der Waals surface area contributed by atoms with E-state index >= 15 is 0 Å². The number of carbonyl (C=O) groups excluding carboxylic acids is 2. The normalized spacial score (nSPS) is 25.4. The van der Waals surface area contributed by atoms with Crippen molar-refractivity contribution in [1.29, 1.82) is 0 Å². The van der Waals surface area contributed by atoms with E-state index in [1.54, 1.807) is 9.80 Å². The van der Waals surface area contributed by atoms with Gasteiger partial charge in [-0.15, -0.1) is 0 Å². The zero-order valence-corrected chi connectivity index (χ0v) is 12.2. The third-order valence-corrected chi connectivity index (χ3v) is 4.22. The van der Waals surface area contributed by atoms with E-state index in [4.69, 9.17) is 0 Å². The predicted molar refractivity (Wildman–Crippen MR) is 75.1 cm³/mol. The summed E-state index contributed by atoms with van der Waals surface area (Å²) in [6.07, 6.45) is 2.01. The number of aliphatic hydroxyl groups is 1. The number of amides is 2. The minimum absolute atomic E-state index is 0.0447. The van der Waals surface area contributed by atoms with Crippen LogP contribution in [0.25, 0.3) is 0 Å². The summed E-state index contributed by atoms with van der Waals surface area (Å²) in [6, 6.07) is 0. The third-order valence-electron chi connectivity index (χ3n) is 4.22. The molecule has 0 radical (unpaired) electrons. The first kappa shape index (κ1) is 15.3. The standard InChI is InChI=1S/C14H25N3O3/c1-11(18)16-6-7-17(10-13(19)9-16)14(20)8-12-2-4-15-5-3-12/h12-13,15,19H,2-10H2,1H3/t13-/m1/s1. The highest BCUT2D eigenvalue weighted by molar-refractivity contribution is 5.77. The van der Waals surface area contributed by atoms with Crippen LogP contribution in [-0.4, -0.2) is 72.1 Å². The maximum Gasteiger partial charge on any atom is 0.222 e. The Kier molecular flexibility index (Phi) is 5.37. The van der Waals surface area contributed by atoms with Crippen molar-refractivity contribution in [3.63, 3.8) is 0 Å². The van der Waals surface area contributed by atoms with E-state index in [0.717, 1.165) is 25.9 Å². The highest BCUT2D eigenvalue weighted by Gasteiger charge is 2.27. The molecule has 2 N–H and O–H groups in total. The van der Waals surface area contributed by atoms with Crippen LogP contribution >= 0.6 is 0 Å². The van der Waals surface area contributed by atoms with E-state index in [1.807, 2.05) is 0 Å². The van der Waals surface area contributed by atoms with Crippen LogP contribution in [0.5, 0.6) is 0 Å². The molecule has 0 saturated carbocycles. The summed E-state index contributed by atoms with van der Waals surface area (Å²) in [5.74, 6) is 0.520. The van der Waals surface area contributed by atoms with Crippen molar-refractivity contribution in [3.8, 4) is 0 Å². The Balaban J connectivity index is 1.87. The molecule has 0 aromatic heterocycles. The number of β-amino-alcohol motifs (C(OH)–C–C–N with tert-alkyl or cyclic N) is 1. The van der Waals surface area contributed by atoms with Gasteiger partial charge in [-0.25, -0.2) is 0 Å². The minimum atomic E-state index is -0.640. The Morgan fingerprint density at radius 1 is 1.15 bits per heavy atom. The summed E-state index contributed by atoms with van der Waals surface area (Å²) in [5.41, 5.74) is 0. The Hall–Kier alpha value is -1.14. The average molecular weight is 283 g/mol. The van der Waals surface area contributed by atoms with Crippen LogP contribution < -0.4 is 5.32 Å². The number of hydrogen-bond donors (Lipinski definition) is 2. The molecule has 2 amide bonds.